The zero-order chi connectivity index (χ0) is 15.6. The van der Waals surface area contributed by atoms with E-state index in [0.29, 0.717) is 12.5 Å². The first-order valence-electron chi connectivity index (χ1n) is 7.70. The molecule has 4 heteroatoms. The van der Waals surface area contributed by atoms with Crippen LogP contribution in [0.1, 0.15) is 44.2 Å². The van der Waals surface area contributed by atoms with E-state index in [0.717, 1.165) is 29.8 Å². The molecular formula is C17H26N2O2. The molecule has 1 heterocycles. The number of benzene rings is 1. The zero-order valence-corrected chi connectivity index (χ0v) is 13.4. The van der Waals surface area contributed by atoms with Gasteiger partial charge in [0.1, 0.15) is 5.75 Å². The Kier molecular flexibility index (Phi) is 4.88. The number of rotatable bonds is 4. The van der Waals surface area contributed by atoms with Crippen LogP contribution in [0.15, 0.2) is 18.2 Å². The topological polar surface area (TPSA) is 55.6 Å². The van der Waals surface area contributed by atoms with Crippen molar-refractivity contribution < 1.29 is 9.53 Å². The molecule has 1 aliphatic heterocycles. The van der Waals surface area contributed by atoms with Crippen molar-refractivity contribution in [1.82, 2.24) is 4.90 Å². The predicted octanol–water partition coefficient (Wildman–Crippen LogP) is 2.45. The minimum Gasteiger partial charge on any atom is -0.481 e. The van der Waals surface area contributed by atoms with Gasteiger partial charge >= 0.3 is 0 Å². The van der Waals surface area contributed by atoms with Crippen molar-refractivity contribution in [1.29, 1.82) is 0 Å². The van der Waals surface area contributed by atoms with Gasteiger partial charge in [0, 0.05) is 19.1 Å². The molecule has 1 amide bonds. The molecule has 21 heavy (non-hydrogen) atoms. The second-order valence-electron chi connectivity index (χ2n) is 6.29. The molecule has 2 N–H and O–H groups in total. The van der Waals surface area contributed by atoms with Gasteiger partial charge in [0.15, 0.2) is 6.10 Å². The number of ether oxygens (including phenoxy) is 1. The molecule has 0 bridgehead atoms. The second kappa shape index (κ2) is 6.48. The zero-order valence-electron chi connectivity index (χ0n) is 13.4. The van der Waals surface area contributed by atoms with E-state index in [2.05, 4.69) is 26.0 Å². The van der Waals surface area contributed by atoms with E-state index in [9.17, 15) is 4.79 Å². The highest BCUT2D eigenvalue weighted by Crippen LogP contribution is 2.28. The molecule has 1 aromatic carbocycles. The van der Waals surface area contributed by atoms with Gasteiger partial charge in [-0.15, -0.1) is 0 Å². The number of hydrogen-bond donors (Lipinski definition) is 1. The van der Waals surface area contributed by atoms with Crippen molar-refractivity contribution in [2.75, 3.05) is 13.1 Å². The van der Waals surface area contributed by atoms with Crippen molar-refractivity contribution >= 4 is 5.91 Å². The Balaban J connectivity index is 2.10. The molecule has 0 radical (unpaired) electrons. The second-order valence-corrected chi connectivity index (χ2v) is 6.29. The van der Waals surface area contributed by atoms with Gasteiger partial charge in [0.2, 0.25) is 0 Å². The number of amides is 1. The van der Waals surface area contributed by atoms with Crippen molar-refractivity contribution in [2.24, 2.45) is 5.73 Å². The fraction of sp³-hybridized carbons (Fsp3) is 0.588. The first-order chi connectivity index (χ1) is 9.88. The van der Waals surface area contributed by atoms with Crippen molar-refractivity contribution in [3.8, 4) is 5.75 Å². The summed E-state index contributed by atoms with van der Waals surface area (Å²) in [6, 6.07) is 6.27. The molecule has 1 aliphatic rings. The van der Waals surface area contributed by atoms with E-state index in [1.165, 1.54) is 0 Å². The summed E-state index contributed by atoms with van der Waals surface area (Å²) in [5, 5.41) is 0. The molecule has 0 spiro atoms. The first kappa shape index (κ1) is 15.8. The Bertz CT molecular complexity index is 514. The number of nitrogens with two attached hydrogens (primary N) is 1. The van der Waals surface area contributed by atoms with E-state index in [1.54, 1.807) is 4.90 Å². The fourth-order valence-electron chi connectivity index (χ4n) is 2.71. The van der Waals surface area contributed by atoms with Gasteiger partial charge in [0.25, 0.3) is 5.91 Å². The van der Waals surface area contributed by atoms with E-state index >= 15 is 0 Å². The van der Waals surface area contributed by atoms with E-state index in [-0.39, 0.29) is 11.9 Å². The first-order valence-corrected chi connectivity index (χ1v) is 7.70. The molecule has 4 nitrogen and oxygen atoms in total. The summed E-state index contributed by atoms with van der Waals surface area (Å²) in [5.74, 6) is 1.21. The highest BCUT2D eigenvalue weighted by Gasteiger charge is 2.28. The Morgan fingerprint density at radius 3 is 2.67 bits per heavy atom. The molecule has 0 aliphatic carbocycles. The molecule has 2 rings (SSSR count). The summed E-state index contributed by atoms with van der Waals surface area (Å²) in [4.78, 5) is 14.2. The Hall–Kier alpha value is -1.55. The van der Waals surface area contributed by atoms with Crippen molar-refractivity contribution in [3.63, 3.8) is 0 Å². The van der Waals surface area contributed by atoms with Crippen LogP contribution in [0.25, 0.3) is 0 Å². The summed E-state index contributed by atoms with van der Waals surface area (Å²) in [7, 11) is 0. The normalized spacial score (nSPS) is 19.9. The quantitative estimate of drug-likeness (QED) is 0.926. The average Bonchev–Trinajstić information content (AvgIpc) is 2.84. The van der Waals surface area contributed by atoms with Gasteiger partial charge in [-0.25, -0.2) is 0 Å². The lowest BCUT2D eigenvalue weighted by Gasteiger charge is -2.23. The summed E-state index contributed by atoms with van der Waals surface area (Å²) < 4.78 is 5.97. The Morgan fingerprint density at radius 1 is 1.38 bits per heavy atom. The van der Waals surface area contributed by atoms with Gasteiger partial charge < -0.3 is 15.4 Å². The molecular weight excluding hydrogens is 264 g/mol. The van der Waals surface area contributed by atoms with Crippen LogP contribution in [0.3, 0.4) is 0 Å². The monoisotopic (exact) mass is 290 g/mol. The lowest BCUT2D eigenvalue weighted by Crippen LogP contribution is -2.40. The van der Waals surface area contributed by atoms with E-state index in [1.807, 2.05) is 19.9 Å². The highest BCUT2D eigenvalue weighted by atomic mass is 16.5. The number of likely N-dealkylation sites (tertiary alicyclic amines) is 1. The molecule has 1 saturated heterocycles. The molecule has 0 saturated carbocycles. The maximum absolute atomic E-state index is 12.4. The SMILES string of the molecule is Cc1ccc(C(C)C)c(O[C@@H](C)C(=O)N2CC[C@H](N)C2)c1. The average molecular weight is 290 g/mol. The van der Waals surface area contributed by atoms with Gasteiger partial charge in [0.05, 0.1) is 0 Å². The molecule has 116 valence electrons. The number of aryl methyl sites for hydroxylation is 1. The molecule has 2 atom stereocenters. The molecule has 0 aromatic heterocycles. The third-order valence-electron chi connectivity index (χ3n) is 3.98. The summed E-state index contributed by atoms with van der Waals surface area (Å²) in [5.41, 5.74) is 8.14. The number of nitrogens with zero attached hydrogens (tertiary/aromatic N) is 1. The van der Waals surface area contributed by atoms with Crippen LogP contribution in [0, 0.1) is 6.92 Å². The lowest BCUT2D eigenvalue weighted by molar-refractivity contribution is -0.136. The smallest absolute Gasteiger partial charge is 0.263 e. The maximum Gasteiger partial charge on any atom is 0.263 e. The van der Waals surface area contributed by atoms with Crippen LogP contribution in [-0.4, -0.2) is 36.0 Å². The van der Waals surface area contributed by atoms with Gasteiger partial charge in [-0.3, -0.25) is 4.79 Å². The summed E-state index contributed by atoms with van der Waals surface area (Å²) in [6.45, 7) is 9.48. The predicted molar refractivity (Wildman–Crippen MR) is 84.5 cm³/mol. The van der Waals surface area contributed by atoms with Crippen LogP contribution < -0.4 is 10.5 Å². The minimum absolute atomic E-state index is 0.0270. The highest BCUT2D eigenvalue weighted by molar-refractivity contribution is 5.81. The van der Waals surface area contributed by atoms with Crippen LogP contribution in [0.5, 0.6) is 5.75 Å². The van der Waals surface area contributed by atoms with Crippen LogP contribution in [0.4, 0.5) is 0 Å². The fourth-order valence-corrected chi connectivity index (χ4v) is 2.71. The molecule has 0 unspecified atom stereocenters. The number of hydrogen-bond acceptors (Lipinski definition) is 3. The van der Waals surface area contributed by atoms with Gasteiger partial charge in [-0.05, 0) is 43.4 Å². The van der Waals surface area contributed by atoms with E-state index < -0.39 is 6.10 Å². The third-order valence-corrected chi connectivity index (χ3v) is 3.98. The van der Waals surface area contributed by atoms with E-state index in [4.69, 9.17) is 10.5 Å². The third kappa shape index (κ3) is 3.76. The number of carbonyl (C=O) groups excluding carboxylic acids is 1. The van der Waals surface area contributed by atoms with Crippen molar-refractivity contribution in [3.05, 3.63) is 29.3 Å². The van der Waals surface area contributed by atoms with Gasteiger partial charge in [-0.2, -0.15) is 0 Å². The summed E-state index contributed by atoms with van der Waals surface area (Å²) in [6.07, 6.45) is 0.398. The standard InChI is InChI=1S/C17H26N2O2/c1-11(2)15-6-5-12(3)9-16(15)21-13(4)17(20)19-8-7-14(18)10-19/h5-6,9,11,13-14H,7-8,10,18H2,1-4H3/t13-,14-/m0/s1. The Labute approximate surface area is 127 Å². The maximum atomic E-state index is 12.4. The van der Waals surface area contributed by atoms with Crippen LogP contribution >= 0.6 is 0 Å². The largest absolute Gasteiger partial charge is 0.481 e. The van der Waals surface area contributed by atoms with Crippen LogP contribution in [-0.2, 0) is 4.79 Å². The molecule has 1 fully saturated rings. The molecule has 1 aromatic rings. The summed E-state index contributed by atoms with van der Waals surface area (Å²) >= 11 is 0. The number of carbonyl (C=O) groups is 1. The van der Waals surface area contributed by atoms with Crippen molar-refractivity contribution in [2.45, 2.75) is 52.2 Å². The lowest BCUT2D eigenvalue weighted by atomic mass is 10.0. The van der Waals surface area contributed by atoms with Crippen LogP contribution in [0.2, 0.25) is 0 Å². The minimum atomic E-state index is -0.477. The Morgan fingerprint density at radius 2 is 2.10 bits per heavy atom. The van der Waals surface area contributed by atoms with Gasteiger partial charge in [-0.1, -0.05) is 26.0 Å².